The van der Waals surface area contributed by atoms with E-state index in [0.717, 1.165) is 18.4 Å². The molecule has 0 bridgehead atoms. The van der Waals surface area contributed by atoms with Gasteiger partial charge in [0.25, 0.3) is 0 Å². The zero-order valence-corrected chi connectivity index (χ0v) is 21.8. The quantitative estimate of drug-likeness (QED) is 0.233. The number of carbonyl (C=O) groups excluding carboxylic acids is 2. The molecular weight excluding hydrogens is 450 g/mol. The number of esters is 1. The third-order valence-corrected chi connectivity index (χ3v) is 6.96. The highest BCUT2D eigenvalue weighted by atomic mass is 16.6. The Labute approximate surface area is 208 Å². The molecule has 0 aliphatic carbocycles. The Bertz CT molecular complexity index is 858. The van der Waals surface area contributed by atoms with Gasteiger partial charge in [0.15, 0.2) is 0 Å². The summed E-state index contributed by atoms with van der Waals surface area (Å²) in [6, 6.07) is -0.0812. The van der Waals surface area contributed by atoms with Gasteiger partial charge in [-0.15, -0.1) is 0 Å². The Morgan fingerprint density at radius 3 is 2.57 bits per heavy atom. The molecule has 3 rings (SSSR count). The molecule has 7 atom stereocenters. The lowest BCUT2D eigenvalue weighted by atomic mass is 9.83. The average Bonchev–Trinajstić information content (AvgIpc) is 3.53. The van der Waals surface area contributed by atoms with Crippen molar-refractivity contribution in [2.24, 2.45) is 5.92 Å². The number of aliphatic hydroxyl groups excluding tert-OH is 1. The molecular formula is C27H41NO7. The highest BCUT2D eigenvalue weighted by Gasteiger charge is 2.60. The summed E-state index contributed by atoms with van der Waals surface area (Å²) in [5.74, 6) is -0.336. The van der Waals surface area contributed by atoms with Crippen molar-refractivity contribution in [3.8, 4) is 0 Å². The topological polar surface area (TPSA) is 107 Å². The second-order valence-corrected chi connectivity index (χ2v) is 10.8. The van der Waals surface area contributed by atoms with Gasteiger partial charge < -0.3 is 29.4 Å². The van der Waals surface area contributed by atoms with E-state index in [4.69, 9.17) is 18.9 Å². The molecule has 3 aliphatic heterocycles. The van der Waals surface area contributed by atoms with Gasteiger partial charge in [-0.05, 0) is 52.5 Å². The molecule has 8 nitrogen and oxygen atoms in total. The fourth-order valence-corrected chi connectivity index (χ4v) is 4.99. The average molecular weight is 492 g/mol. The first-order chi connectivity index (χ1) is 16.4. The second-order valence-electron chi connectivity index (χ2n) is 10.8. The molecule has 196 valence electrons. The normalized spacial score (nSPS) is 37.1. The standard InChI is InChI=1S/C27H41NO7/c1-17(10-12-23-25(31)27(16-33-27)15-26(5,6)35-23)9-11-22-18(2)14-21(19(3)34-22)28-24(30)8-7-13-32-20(4)29/h7-10,12,18-19,21-23,25,31H,11,13-16H2,1-6H3,(H,28,30)/b8-7-,12-10+,17-9+/t18-,19+,21+,22-,23+,25+,27+/m0/s1. The fraction of sp³-hybridized carbons (Fsp3) is 0.704. The van der Waals surface area contributed by atoms with Crippen LogP contribution in [0.2, 0.25) is 0 Å². The van der Waals surface area contributed by atoms with Crippen LogP contribution >= 0.6 is 0 Å². The molecule has 0 unspecified atom stereocenters. The molecule has 0 aromatic carbocycles. The van der Waals surface area contributed by atoms with Crippen LogP contribution in [-0.2, 0) is 28.5 Å². The molecule has 3 aliphatic rings. The first-order valence-corrected chi connectivity index (χ1v) is 12.5. The van der Waals surface area contributed by atoms with Crippen LogP contribution in [-0.4, -0.2) is 71.9 Å². The van der Waals surface area contributed by atoms with Gasteiger partial charge in [-0.1, -0.05) is 30.7 Å². The summed E-state index contributed by atoms with van der Waals surface area (Å²) >= 11 is 0. The molecule has 3 saturated heterocycles. The van der Waals surface area contributed by atoms with E-state index in [2.05, 4.69) is 18.3 Å². The number of nitrogens with one attached hydrogen (secondary N) is 1. The largest absolute Gasteiger partial charge is 0.462 e. The van der Waals surface area contributed by atoms with Gasteiger partial charge >= 0.3 is 5.97 Å². The smallest absolute Gasteiger partial charge is 0.302 e. The first-order valence-electron chi connectivity index (χ1n) is 12.5. The maximum atomic E-state index is 12.2. The number of epoxide rings is 1. The number of allylic oxidation sites excluding steroid dienone is 2. The van der Waals surface area contributed by atoms with Gasteiger partial charge in [0, 0.05) is 19.4 Å². The Balaban J connectivity index is 1.48. The van der Waals surface area contributed by atoms with Crippen molar-refractivity contribution in [3.05, 3.63) is 36.0 Å². The first kappa shape index (κ1) is 27.6. The summed E-state index contributed by atoms with van der Waals surface area (Å²) in [6.45, 7) is 12.2. The summed E-state index contributed by atoms with van der Waals surface area (Å²) in [4.78, 5) is 22.9. The molecule has 0 saturated carbocycles. The predicted molar refractivity (Wildman–Crippen MR) is 132 cm³/mol. The van der Waals surface area contributed by atoms with Crippen molar-refractivity contribution in [2.45, 2.75) is 102 Å². The molecule has 3 fully saturated rings. The minimum atomic E-state index is -0.661. The number of hydrogen-bond donors (Lipinski definition) is 2. The van der Waals surface area contributed by atoms with Crippen LogP contribution in [0.25, 0.3) is 0 Å². The Morgan fingerprint density at radius 1 is 1.20 bits per heavy atom. The highest BCUT2D eigenvalue weighted by molar-refractivity contribution is 5.87. The van der Waals surface area contributed by atoms with E-state index < -0.39 is 17.8 Å². The monoisotopic (exact) mass is 491 g/mol. The van der Waals surface area contributed by atoms with E-state index in [1.54, 1.807) is 0 Å². The fourth-order valence-electron chi connectivity index (χ4n) is 4.99. The number of ether oxygens (including phenoxy) is 4. The van der Waals surface area contributed by atoms with E-state index in [0.29, 0.717) is 13.0 Å². The van der Waals surface area contributed by atoms with Crippen molar-refractivity contribution in [3.63, 3.8) is 0 Å². The summed E-state index contributed by atoms with van der Waals surface area (Å²) in [5.41, 5.74) is 0.278. The van der Waals surface area contributed by atoms with E-state index in [1.165, 1.54) is 19.1 Å². The van der Waals surface area contributed by atoms with E-state index in [1.807, 2.05) is 39.8 Å². The lowest BCUT2D eigenvalue weighted by Gasteiger charge is -2.41. The van der Waals surface area contributed by atoms with Crippen molar-refractivity contribution in [1.82, 2.24) is 5.32 Å². The molecule has 35 heavy (non-hydrogen) atoms. The van der Waals surface area contributed by atoms with Gasteiger partial charge in [-0.2, -0.15) is 0 Å². The van der Waals surface area contributed by atoms with Crippen LogP contribution in [0.1, 0.15) is 60.8 Å². The molecule has 1 spiro atoms. The predicted octanol–water partition coefficient (Wildman–Crippen LogP) is 2.99. The SMILES string of the molecule is CC(=O)OC/C=C\C(=O)N[C@@H]1C[C@H](C)[C@H](C/C=C(C)/C=C/[C@H]2OC(C)(C)C[C@@]3(CO3)[C@@H]2O)O[C@@H]1C. The molecule has 0 aromatic heterocycles. The number of rotatable bonds is 8. The highest BCUT2D eigenvalue weighted by Crippen LogP contribution is 2.46. The van der Waals surface area contributed by atoms with Crippen LogP contribution in [0.4, 0.5) is 0 Å². The third-order valence-electron chi connectivity index (χ3n) is 6.96. The van der Waals surface area contributed by atoms with Crippen molar-refractivity contribution in [2.75, 3.05) is 13.2 Å². The molecule has 8 heteroatoms. The number of hydrogen-bond acceptors (Lipinski definition) is 7. The zero-order valence-electron chi connectivity index (χ0n) is 21.8. The maximum Gasteiger partial charge on any atom is 0.302 e. The van der Waals surface area contributed by atoms with Crippen LogP contribution in [0, 0.1) is 5.92 Å². The number of amides is 1. The van der Waals surface area contributed by atoms with Crippen LogP contribution in [0.15, 0.2) is 36.0 Å². The van der Waals surface area contributed by atoms with Gasteiger partial charge in [-0.3, -0.25) is 9.59 Å². The Hall–Kier alpha value is -2.00. The summed E-state index contributed by atoms with van der Waals surface area (Å²) < 4.78 is 22.7. The lowest BCUT2D eigenvalue weighted by molar-refractivity contribution is -0.171. The van der Waals surface area contributed by atoms with Crippen LogP contribution < -0.4 is 5.32 Å². The van der Waals surface area contributed by atoms with E-state index in [-0.39, 0.29) is 48.3 Å². The summed E-state index contributed by atoms with van der Waals surface area (Å²) in [6.07, 6.45) is 10.1. The van der Waals surface area contributed by atoms with Crippen molar-refractivity contribution in [1.29, 1.82) is 0 Å². The molecule has 0 radical (unpaired) electrons. The Kier molecular flexibility index (Phi) is 8.96. The van der Waals surface area contributed by atoms with Gasteiger partial charge in [0.05, 0.1) is 30.5 Å². The third kappa shape index (κ3) is 7.74. The van der Waals surface area contributed by atoms with Crippen molar-refractivity contribution >= 4 is 11.9 Å². The molecule has 1 amide bonds. The lowest BCUT2D eigenvalue weighted by Crippen LogP contribution is -2.53. The van der Waals surface area contributed by atoms with Crippen LogP contribution in [0.3, 0.4) is 0 Å². The Morgan fingerprint density at radius 2 is 1.91 bits per heavy atom. The summed E-state index contributed by atoms with van der Waals surface area (Å²) in [5, 5.41) is 13.7. The van der Waals surface area contributed by atoms with Gasteiger partial charge in [0.1, 0.15) is 24.4 Å². The van der Waals surface area contributed by atoms with Gasteiger partial charge in [0.2, 0.25) is 5.91 Å². The second kappa shape index (κ2) is 11.4. The molecule has 0 aromatic rings. The van der Waals surface area contributed by atoms with Crippen LogP contribution in [0.5, 0.6) is 0 Å². The van der Waals surface area contributed by atoms with E-state index in [9.17, 15) is 14.7 Å². The maximum absolute atomic E-state index is 12.2. The molecule has 2 N–H and O–H groups in total. The number of carbonyl (C=O) groups is 2. The minimum Gasteiger partial charge on any atom is -0.462 e. The van der Waals surface area contributed by atoms with Gasteiger partial charge in [-0.25, -0.2) is 0 Å². The zero-order chi connectivity index (χ0) is 25.8. The number of aliphatic hydroxyl groups is 1. The summed E-state index contributed by atoms with van der Waals surface area (Å²) in [7, 11) is 0. The minimum absolute atomic E-state index is 0.0552. The van der Waals surface area contributed by atoms with E-state index >= 15 is 0 Å². The van der Waals surface area contributed by atoms with Crippen molar-refractivity contribution < 1.29 is 33.6 Å². The molecule has 3 heterocycles.